The van der Waals surface area contributed by atoms with Crippen molar-refractivity contribution in [2.75, 3.05) is 5.75 Å². The molecule has 1 heterocycles. The summed E-state index contributed by atoms with van der Waals surface area (Å²) in [4.78, 5) is 24.5. The average molecular weight is 334 g/mol. The van der Waals surface area contributed by atoms with Crippen molar-refractivity contribution in [3.63, 3.8) is 0 Å². The first kappa shape index (κ1) is 17.6. The molecule has 0 saturated heterocycles. The van der Waals surface area contributed by atoms with Crippen molar-refractivity contribution in [3.05, 3.63) is 41.6 Å². The lowest BCUT2D eigenvalue weighted by Crippen LogP contribution is -2.28. The van der Waals surface area contributed by atoms with Gasteiger partial charge in [-0.15, -0.1) is 0 Å². The third-order valence-corrected chi connectivity index (χ3v) is 4.92. The van der Waals surface area contributed by atoms with Gasteiger partial charge in [-0.1, -0.05) is 13.8 Å². The number of thioether (sulfide) groups is 1. The maximum Gasteiger partial charge on any atom is 0.170 e. The van der Waals surface area contributed by atoms with Crippen LogP contribution in [0.4, 0.5) is 0 Å². The fraction of sp³-hybridized carbons (Fsp3) is 0.444. The zero-order valence-electron chi connectivity index (χ0n) is 13.5. The van der Waals surface area contributed by atoms with Crippen LogP contribution in [0.2, 0.25) is 0 Å². The minimum absolute atomic E-state index is 0.0696. The Morgan fingerprint density at radius 2 is 2.13 bits per heavy atom. The molecular weight excluding hydrogens is 312 g/mol. The van der Waals surface area contributed by atoms with Crippen molar-refractivity contribution in [1.82, 2.24) is 0 Å². The molecule has 5 heteroatoms. The second kappa shape index (κ2) is 8.20. The third kappa shape index (κ3) is 4.86. The summed E-state index contributed by atoms with van der Waals surface area (Å²) in [5.41, 5.74) is -0.0696. The van der Waals surface area contributed by atoms with Crippen molar-refractivity contribution in [2.45, 2.75) is 38.4 Å². The maximum atomic E-state index is 12.3. The van der Waals surface area contributed by atoms with E-state index in [2.05, 4.69) is 13.8 Å². The molecule has 1 fully saturated rings. The normalized spacial score (nSPS) is 20.3. The lowest BCUT2D eigenvalue weighted by molar-refractivity contribution is -0.125. The van der Waals surface area contributed by atoms with Crippen LogP contribution in [0.5, 0.6) is 0 Å². The monoisotopic (exact) mass is 334 g/mol. The Bertz CT molecular complexity index is 593. The van der Waals surface area contributed by atoms with Gasteiger partial charge < -0.3 is 9.52 Å². The molecule has 0 aromatic carbocycles. The Kier molecular flexibility index (Phi) is 6.28. The van der Waals surface area contributed by atoms with Gasteiger partial charge >= 0.3 is 0 Å². The predicted molar refractivity (Wildman–Crippen MR) is 92.3 cm³/mol. The SMILES string of the molecule is CCSC(C)CC1CC(=O)C(=C(O)/C=C/c2ccco2)C(=O)C1. The highest BCUT2D eigenvalue weighted by Gasteiger charge is 2.33. The predicted octanol–water partition coefficient (Wildman–Crippen LogP) is 4.18. The molecule has 23 heavy (non-hydrogen) atoms. The highest BCUT2D eigenvalue weighted by molar-refractivity contribution is 7.99. The molecule has 2 rings (SSSR count). The van der Waals surface area contributed by atoms with Gasteiger partial charge in [-0.3, -0.25) is 9.59 Å². The van der Waals surface area contributed by atoms with Gasteiger partial charge in [0.1, 0.15) is 17.1 Å². The molecule has 1 aliphatic carbocycles. The van der Waals surface area contributed by atoms with Crippen molar-refractivity contribution in [1.29, 1.82) is 0 Å². The van der Waals surface area contributed by atoms with Crippen LogP contribution >= 0.6 is 11.8 Å². The molecule has 124 valence electrons. The molecular formula is C18H22O4S. The van der Waals surface area contributed by atoms with Gasteiger partial charge in [0.25, 0.3) is 0 Å². The summed E-state index contributed by atoms with van der Waals surface area (Å²) in [6.07, 6.45) is 5.91. The number of hydrogen-bond acceptors (Lipinski definition) is 5. The first-order chi connectivity index (χ1) is 11.0. The number of carbonyl (C=O) groups excluding carboxylic acids is 2. The van der Waals surface area contributed by atoms with E-state index in [1.54, 1.807) is 12.1 Å². The van der Waals surface area contributed by atoms with Gasteiger partial charge in [-0.25, -0.2) is 0 Å². The van der Waals surface area contributed by atoms with Crippen LogP contribution in [0.15, 0.2) is 40.2 Å². The van der Waals surface area contributed by atoms with Crippen molar-refractivity contribution in [2.24, 2.45) is 5.92 Å². The maximum absolute atomic E-state index is 12.3. The molecule has 1 aromatic rings. The number of hydrogen-bond donors (Lipinski definition) is 1. The molecule has 1 N–H and O–H groups in total. The summed E-state index contributed by atoms with van der Waals surface area (Å²) in [5.74, 6) is 0.860. The smallest absolute Gasteiger partial charge is 0.170 e. The quantitative estimate of drug-likeness (QED) is 0.480. The van der Waals surface area contributed by atoms with Crippen LogP contribution in [-0.2, 0) is 9.59 Å². The molecule has 0 amide bonds. The number of rotatable bonds is 6. The van der Waals surface area contributed by atoms with E-state index in [9.17, 15) is 14.7 Å². The standard InChI is InChI=1S/C18H22O4S/c1-3-23-12(2)9-13-10-16(20)18(17(21)11-13)15(19)7-6-14-5-4-8-22-14/h4-8,12-13,19H,3,9-11H2,1-2H3/b7-6+,18-15?. The van der Waals surface area contributed by atoms with Gasteiger partial charge in [0.2, 0.25) is 0 Å². The van der Waals surface area contributed by atoms with Crippen molar-refractivity contribution in [3.8, 4) is 0 Å². The highest BCUT2D eigenvalue weighted by Crippen LogP contribution is 2.30. The zero-order valence-corrected chi connectivity index (χ0v) is 14.3. The summed E-state index contributed by atoms with van der Waals surface area (Å²) in [6, 6.07) is 3.45. The Hall–Kier alpha value is -1.75. The Labute approximate surface area is 140 Å². The van der Waals surface area contributed by atoms with E-state index in [1.165, 1.54) is 18.4 Å². The van der Waals surface area contributed by atoms with Crippen LogP contribution < -0.4 is 0 Å². The van der Waals surface area contributed by atoms with E-state index in [0.717, 1.165) is 12.2 Å². The fourth-order valence-electron chi connectivity index (χ4n) is 2.86. The lowest BCUT2D eigenvalue weighted by Gasteiger charge is -2.24. The third-order valence-electron chi connectivity index (χ3n) is 3.83. The van der Waals surface area contributed by atoms with E-state index in [0.29, 0.717) is 23.9 Å². The molecule has 0 bridgehead atoms. The molecule has 1 unspecified atom stereocenters. The number of aliphatic hydroxyl groups is 1. The minimum atomic E-state index is -0.272. The number of carbonyl (C=O) groups is 2. The largest absolute Gasteiger partial charge is 0.507 e. The number of furan rings is 1. The molecule has 1 atom stereocenters. The number of ketones is 2. The van der Waals surface area contributed by atoms with E-state index >= 15 is 0 Å². The summed E-state index contributed by atoms with van der Waals surface area (Å²) in [7, 11) is 0. The van der Waals surface area contributed by atoms with Gasteiger partial charge in [0.05, 0.1) is 6.26 Å². The number of aliphatic hydroxyl groups excluding tert-OH is 1. The van der Waals surface area contributed by atoms with E-state index < -0.39 is 0 Å². The van der Waals surface area contributed by atoms with Gasteiger partial charge in [0.15, 0.2) is 11.6 Å². The Morgan fingerprint density at radius 1 is 1.43 bits per heavy atom. The highest BCUT2D eigenvalue weighted by atomic mass is 32.2. The van der Waals surface area contributed by atoms with Gasteiger partial charge in [0, 0.05) is 18.1 Å². The summed E-state index contributed by atoms with van der Waals surface area (Å²) in [5, 5.41) is 10.5. The van der Waals surface area contributed by atoms with Crippen molar-refractivity contribution >= 4 is 29.4 Å². The zero-order chi connectivity index (χ0) is 16.8. The van der Waals surface area contributed by atoms with Crippen LogP contribution in [-0.4, -0.2) is 27.7 Å². The molecule has 1 aliphatic rings. The number of allylic oxidation sites excluding steroid dienone is 2. The van der Waals surface area contributed by atoms with Gasteiger partial charge in [-0.05, 0) is 42.4 Å². The first-order valence-corrected chi connectivity index (χ1v) is 8.89. The van der Waals surface area contributed by atoms with Crippen LogP contribution in [0.1, 0.15) is 38.9 Å². The molecule has 4 nitrogen and oxygen atoms in total. The minimum Gasteiger partial charge on any atom is -0.507 e. The summed E-state index contributed by atoms with van der Waals surface area (Å²) < 4.78 is 5.12. The lowest BCUT2D eigenvalue weighted by atomic mass is 9.81. The average Bonchev–Trinajstić information content (AvgIpc) is 2.97. The van der Waals surface area contributed by atoms with E-state index in [-0.39, 0.29) is 28.8 Å². The topological polar surface area (TPSA) is 67.5 Å². The molecule has 1 aromatic heterocycles. The molecule has 0 radical (unpaired) electrons. The van der Waals surface area contributed by atoms with E-state index in [4.69, 9.17) is 4.42 Å². The molecule has 0 spiro atoms. The fourth-order valence-corrected chi connectivity index (χ4v) is 3.84. The van der Waals surface area contributed by atoms with Crippen LogP contribution in [0, 0.1) is 5.92 Å². The van der Waals surface area contributed by atoms with Crippen LogP contribution in [0.25, 0.3) is 6.08 Å². The Balaban J connectivity index is 2.06. The molecule has 0 aliphatic heterocycles. The summed E-state index contributed by atoms with van der Waals surface area (Å²) >= 11 is 1.84. The van der Waals surface area contributed by atoms with Gasteiger partial charge in [-0.2, -0.15) is 11.8 Å². The molecule has 1 saturated carbocycles. The van der Waals surface area contributed by atoms with E-state index in [1.807, 2.05) is 11.8 Å². The Morgan fingerprint density at radius 3 is 2.70 bits per heavy atom. The van der Waals surface area contributed by atoms with Crippen molar-refractivity contribution < 1.29 is 19.1 Å². The number of Topliss-reactive ketones (excluding diaryl/α,β-unsaturated/α-hetero) is 2. The second-order valence-electron chi connectivity index (χ2n) is 5.73. The second-order valence-corrected chi connectivity index (χ2v) is 7.45. The summed E-state index contributed by atoms with van der Waals surface area (Å²) in [6.45, 7) is 4.22. The van der Waals surface area contributed by atoms with Crippen LogP contribution in [0.3, 0.4) is 0 Å². The first-order valence-electron chi connectivity index (χ1n) is 7.84.